The molecule has 0 aliphatic carbocycles. The van der Waals surface area contributed by atoms with Crippen LogP contribution in [0.25, 0.3) is 0 Å². The minimum atomic E-state index is -0.0945. The van der Waals surface area contributed by atoms with Gasteiger partial charge in [-0.05, 0) is 60.5 Å². The number of halogens is 1. The molecular weight excluding hydrogens is 346 g/mol. The molecule has 22 heavy (non-hydrogen) atoms. The second kappa shape index (κ2) is 6.92. The number of furan rings is 1. The van der Waals surface area contributed by atoms with Crippen molar-refractivity contribution in [3.8, 4) is 0 Å². The first-order valence-electron chi connectivity index (χ1n) is 7.03. The zero-order chi connectivity index (χ0) is 16.3. The number of rotatable bonds is 5. The van der Waals surface area contributed by atoms with E-state index in [0.717, 1.165) is 15.7 Å². The van der Waals surface area contributed by atoms with Crippen LogP contribution in [-0.2, 0) is 11.2 Å². The van der Waals surface area contributed by atoms with Crippen molar-refractivity contribution < 1.29 is 14.0 Å². The van der Waals surface area contributed by atoms with Crippen LogP contribution in [0.15, 0.2) is 33.2 Å². The second-order valence-electron chi connectivity index (χ2n) is 5.27. The summed E-state index contributed by atoms with van der Waals surface area (Å²) in [7, 11) is 0. The third kappa shape index (κ3) is 4.07. The van der Waals surface area contributed by atoms with E-state index in [4.69, 9.17) is 4.42 Å². The lowest BCUT2D eigenvalue weighted by Crippen LogP contribution is -2.12. The first-order chi connectivity index (χ1) is 10.4. The Bertz CT molecular complexity index is 719. The van der Waals surface area contributed by atoms with Gasteiger partial charge in [0.25, 0.3) is 0 Å². The SMILES string of the molecule is CC(=O)c1cc(CCC(=O)Nc2ccc(C)cc2Br)oc1C. The molecule has 1 N–H and O–H groups in total. The van der Waals surface area contributed by atoms with Crippen LogP contribution >= 0.6 is 15.9 Å². The minimum absolute atomic E-state index is 0.0273. The first kappa shape index (κ1) is 16.5. The Morgan fingerprint density at radius 2 is 1.95 bits per heavy atom. The Balaban J connectivity index is 1.95. The number of nitrogens with one attached hydrogen (secondary N) is 1. The molecule has 2 rings (SSSR count). The van der Waals surface area contributed by atoms with Crippen LogP contribution in [0, 0.1) is 13.8 Å². The number of benzene rings is 1. The molecule has 0 aliphatic heterocycles. The Morgan fingerprint density at radius 1 is 1.23 bits per heavy atom. The largest absolute Gasteiger partial charge is 0.466 e. The quantitative estimate of drug-likeness (QED) is 0.799. The Kier molecular flexibility index (Phi) is 5.19. The van der Waals surface area contributed by atoms with Crippen LogP contribution < -0.4 is 5.32 Å². The molecule has 1 amide bonds. The molecule has 2 aromatic rings. The van der Waals surface area contributed by atoms with Gasteiger partial charge in [-0.15, -0.1) is 0 Å². The summed E-state index contributed by atoms with van der Waals surface area (Å²) >= 11 is 3.43. The summed E-state index contributed by atoms with van der Waals surface area (Å²) in [4.78, 5) is 23.4. The van der Waals surface area contributed by atoms with Crippen molar-refractivity contribution in [2.75, 3.05) is 5.32 Å². The van der Waals surface area contributed by atoms with Gasteiger partial charge in [-0.2, -0.15) is 0 Å². The van der Waals surface area contributed by atoms with Gasteiger partial charge >= 0.3 is 0 Å². The van der Waals surface area contributed by atoms with Gasteiger partial charge in [0.15, 0.2) is 5.78 Å². The van der Waals surface area contributed by atoms with Crippen molar-refractivity contribution in [1.82, 2.24) is 0 Å². The van der Waals surface area contributed by atoms with E-state index >= 15 is 0 Å². The van der Waals surface area contributed by atoms with E-state index in [1.807, 2.05) is 25.1 Å². The number of anilines is 1. The van der Waals surface area contributed by atoms with Gasteiger partial charge in [0, 0.05) is 17.3 Å². The average molecular weight is 364 g/mol. The van der Waals surface area contributed by atoms with Crippen molar-refractivity contribution in [3.63, 3.8) is 0 Å². The molecule has 116 valence electrons. The molecule has 0 atom stereocenters. The molecule has 5 heteroatoms. The van der Waals surface area contributed by atoms with Crippen molar-refractivity contribution in [2.24, 2.45) is 0 Å². The van der Waals surface area contributed by atoms with Crippen LogP contribution in [0.3, 0.4) is 0 Å². The van der Waals surface area contributed by atoms with Gasteiger partial charge in [-0.3, -0.25) is 9.59 Å². The van der Waals surface area contributed by atoms with E-state index in [2.05, 4.69) is 21.2 Å². The molecule has 0 unspecified atom stereocenters. The van der Waals surface area contributed by atoms with Crippen molar-refractivity contribution in [2.45, 2.75) is 33.6 Å². The highest BCUT2D eigenvalue weighted by Crippen LogP contribution is 2.24. The highest BCUT2D eigenvalue weighted by atomic mass is 79.9. The topological polar surface area (TPSA) is 59.3 Å². The fourth-order valence-corrected chi connectivity index (χ4v) is 2.78. The van der Waals surface area contributed by atoms with Crippen LogP contribution in [-0.4, -0.2) is 11.7 Å². The molecular formula is C17H18BrNO3. The van der Waals surface area contributed by atoms with E-state index in [1.165, 1.54) is 6.92 Å². The van der Waals surface area contributed by atoms with Gasteiger partial charge in [-0.25, -0.2) is 0 Å². The zero-order valence-corrected chi connectivity index (χ0v) is 14.4. The molecule has 0 aliphatic rings. The number of hydrogen-bond donors (Lipinski definition) is 1. The molecule has 0 saturated heterocycles. The zero-order valence-electron chi connectivity index (χ0n) is 12.8. The summed E-state index contributed by atoms with van der Waals surface area (Å²) in [6, 6.07) is 7.47. The molecule has 1 aromatic carbocycles. The maximum Gasteiger partial charge on any atom is 0.224 e. The van der Waals surface area contributed by atoms with Crippen LogP contribution in [0.1, 0.15) is 40.8 Å². The van der Waals surface area contributed by atoms with Crippen molar-refractivity contribution in [3.05, 3.63) is 51.4 Å². The predicted molar refractivity (Wildman–Crippen MR) is 89.3 cm³/mol. The first-order valence-corrected chi connectivity index (χ1v) is 7.82. The van der Waals surface area contributed by atoms with Crippen LogP contribution in [0.5, 0.6) is 0 Å². The highest BCUT2D eigenvalue weighted by molar-refractivity contribution is 9.10. The van der Waals surface area contributed by atoms with Gasteiger partial charge in [0.2, 0.25) is 5.91 Å². The van der Waals surface area contributed by atoms with Crippen molar-refractivity contribution in [1.29, 1.82) is 0 Å². The molecule has 1 heterocycles. The summed E-state index contributed by atoms with van der Waals surface area (Å²) < 4.78 is 6.36. The number of Topliss-reactive ketones (excluding diaryl/α,β-unsaturated/α-hetero) is 1. The van der Waals surface area contributed by atoms with Gasteiger partial charge < -0.3 is 9.73 Å². The van der Waals surface area contributed by atoms with Gasteiger partial charge in [-0.1, -0.05) is 6.07 Å². The summed E-state index contributed by atoms with van der Waals surface area (Å²) in [6.45, 7) is 5.25. The Hall–Kier alpha value is -1.88. The third-order valence-corrected chi connectivity index (χ3v) is 4.00. The summed E-state index contributed by atoms with van der Waals surface area (Å²) in [5, 5.41) is 2.86. The summed E-state index contributed by atoms with van der Waals surface area (Å²) in [5.74, 6) is 1.13. The standard InChI is InChI=1S/C17H18BrNO3/c1-10-4-6-16(15(18)8-10)19-17(21)7-5-13-9-14(11(2)20)12(3)22-13/h4,6,8-9H,5,7H2,1-3H3,(H,19,21). The lowest BCUT2D eigenvalue weighted by atomic mass is 10.1. The molecule has 0 radical (unpaired) electrons. The van der Waals surface area contributed by atoms with Gasteiger partial charge in [0.05, 0.1) is 11.3 Å². The number of ketones is 1. The number of hydrogen-bond acceptors (Lipinski definition) is 3. The fraction of sp³-hybridized carbons (Fsp3) is 0.294. The molecule has 0 fully saturated rings. The normalized spacial score (nSPS) is 10.5. The second-order valence-corrected chi connectivity index (χ2v) is 6.12. The molecule has 1 aromatic heterocycles. The molecule has 0 spiro atoms. The number of carbonyl (C=O) groups is 2. The number of aryl methyl sites for hydroxylation is 3. The minimum Gasteiger partial charge on any atom is -0.466 e. The Morgan fingerprint density at radius 3 is 2.55 bits per heavy atom. The Labute approximate surface area is 138 Å². The lowest BCUT2D eigenvalue weighted by Gasteiger charge is -2.07. The van der Waals surface area contributed by atoms with Crippen LogP contribution in [0.2, 0.25) is 0 Å². The highest BCUT2D eigenvalue weighted by Gasteiger charge is 2.13. The van der Waals surface area contributed by atoms with E-state index in [9.17, 15) is 9.59 Å². The number of amides is 1. The average Bonchev–Trinajstić information content (AvgIpc) is 2.81. The smallest absolute Gasteiger partial charge is 0.224 e. The predicted octanol–water partition coefficient (Wildman–Crippen LogP) is 4.43. The van der Waals surface area contributed by atoms with E-state index in [-0.39, 0.29) is 11.7 Å². The lowest BCUT2D eigenvalue weighted by molar-refractivity contribution is -0.116. The number of carbonyl (C=O) groups excluding carboxylic acids is 2. The molecule has 0 saturated carbocycles. The summed E-state index contributed by atoms with van der Waals surface area (Å²) in [5.41, 5.74) is 2.44. The fourth-order valence-electron chi connectivity index (χ4n) is 2.19. The maximum absolute atomic E-state index is 12.0. The monoisotopic (exact) mass is 363 g/mol. The van der Waals surface area contributed by atoms with Crippen LogP contribution in [0.4, 0.5) is 5.69 Å². The third-order valence-electron chi connectivity index (χ3n) is 3.35. The van der Waals surface area contributed by atoms with E-state index in [1.54, 1.807) is 13.0 Å². The van der Waals surface area contributed by atoms with Gasteiger partial charge in [0.1, 0.15) is 11.5 Å². The van der Waals surface area contributed by atoms with E-state index < -0.39 is 0 Å². The van der Waals surface area contributed by atoms with E-state index in [0.29, 0.717) is 29.9 Å². The van der Waals surface area contributed by atoms with Crippen molar-refractivity contribution >= 4 is 33.3 Å². The maximum atomic E-state index is 12.0. The summed E-state index contributed by atoms with van der Waals surface area (Å²) in [6.07, 6.45) is 0.758. The molecule has 0 bridgehead atoms. The molecule has 4 nitrogen and oxygen atoms in total.